The fourth-order valence-electron chi connectivity index (χ4n) is 4.35. The van der Waals surface area contributed by atoms with Gasteiger partial charge in [-0.05, 0) is 70.8 Å². The standard InChI is InChI=1S/C28H23ClFN3O2S2/c29-21-4-1-2-5-23(21)37-26-22(34)16-28(33-27(26)35,19-13-15-36-17-19)24-6-3-7-25(32-24)31-14-12-18-8-10-20(30)11-9-18/h1-11,13,15,17,26H,12,14,16H2,(H,31,32)(H,33,35). The number of nitrogens with zero attached hydrogens (tertiary/aromatic N) is 1. The van der Waals surface area contributed by atoms with Gasteiger partial charge >= 0.3 is 0 Å². The van der Waals surface area contributed by atoms with Crippen molar-refractivity contribution in [2.75, 3.05) is 11.9 Å². The first-order valence-electron chi connectivity index (χ1n) is 11.7. The van der Waals surface area contributed by atoms with E-state index < -0.39 is 10.8 Å². The van der Waals surface area contributed by atoms with E-state index in [0.29, 0.717) is 34.4 Å². The summed E-state index contributed by atoms with van der Waals surface area (Å²) in [6.07, 6.45) is 0.766. The number of nitrogens with one attached hydrogen (secondary N) is 2. The van der Waals surface area contributed by atoms with E-state index in [9.17, 15) is 14.0 Å². The summed E-state index contributed by atoms with van der Waals surface area (Å²) in [5.74, 6) is -0.190. The lowest BCUT2D eigenvalue weighted by Crippen LogP contribution is -2.58. The second-order valence-electron chi connectivity index (χ2n) is 8.69. The van der Waals surface area contributed by atoms with Crippen molar-refractivity contribution in [2.45, 2.75) is 28.5 Å². The minimum absolute atomic E-state index is 0.0730. The average Bonchev–Trinajstić information content (AvgIpc) is 3.44. The number of benzene rings is 2. The smallest absolute Gasteiger partial charge is 0.242 e. The fourth-order valence-corrected chi connectivity index (χ4v) is 6.32. The summed E-state index contributed by atoms with van der Waals surface area (Å²) in [5, 5.41) is 9.90. The molecule has 4 aromatic rings. The lowest BCUT2D eigenvalue weighted by molar-refractivity contribution is -0.133. The molecule has 5 rings (SSSR count). The van der Waals surface area contributed by atoms with Crippen LogP contribution in [0.1, 0.15) is 23.2 Å². The zero-order valence-corrected chi connectivity index (χ0v) is 22.0. The van der Waals surface area contributed by atoms with Crippen LogP contribution in [0.4, 0.5) is 10.2 Å². The van der Waals surface area contributed by atoms with Gasteiger partial charge in [0.2, 0.25) is 5.91 Å². The molecule has 0 spiro atoms. The van der Waals surface area contributed by atoms with E-state index in [-0.39, 0.29) is 23.9 Å². The molecule has 1 saturated heterocycles. The Morgan fingerprint density at radius 1 is 1.08 bits per heavy atom. The zero-order chi connectivity index (χ0) is 25.8. The van der Waals surface area contributed by atoms with Crippen LogP contribution in [0.5, 0.6) is 0 Å². The topological polar surface area (TPSA) is 71.1 Å². The van der Waals surface area contributed by atoms with Crippen LogP contribution in [0.3, 0.4) is 0 Å². The first kappa shape index (κ1) is 25.4. The molecule has 0 saturated carbocycles. The van der Waals surface area contributed by atoms with Gasteiger partial charge in [-0.25, -0.2) is 9.37 Å². The number of pyridine rings is 1. The summed E-state index contributed by atoms with van der Waals surface area (Å²) >= 11 is 8.94. The van der Waals surface area contributed by atoms with Crippen LogP contribution >= 0.6 is 34.7 Å². The molecule has 3 heterocycles. The lowest BCUT2D eigenvalue weighted by atomic mass is 9.79. The number of aromatic nitrogens is 1. The van der Waals surface area contributed by atoms with E-state index in [1.807, 2.05) is 47.2 Å². The molecule has 1 aliphatic heterocycles. The highest BCUT2D eigenvalue weighted by atomic mass is 35.5. The normalized spacial score (nSPS) is 19.5. The third-order valence-electron chi connectivity index (χ3n) is 6.22. The minimum atomic E-state index is -1.07. The van der Waals surface area contributed by atoms with E-state index >= 15 is 0 Å². The van der Waals surface area contributed by atoms with E-state index in [2.05, 4.69) is 10.6 Å². The van der Waals surface area contributed by atoms with Gasteiger partial charge in [0.1, 0.15) is 22.4 Å². The van der Waals surface area contributed by atoms with Crippen molar-refractivity contribution in [1.82, 2.24) is 10.3 Å². The molecule has 2 atom stereocenters. The van der Waals surface area contributed by atoms with Crippen molar-refractivity contribution >= 4 is 52.2 Å². The van der Waals surface area contributed by atoms with Gasteiger partial charge in [-0.2, -0.15) is 11.3 Å². The van der Waals surface area contributed by atoms with Crippen molar-refractivity contribution in [3.05, 3.63) is 111 Å². The van der Waals surface area contributed by atoms with Crippen LogP contribution in [0.15, 0.2) is 88.5 Å². The summed E-state index contributed by atoms with van der Waals surface area (Å²) in [6, 6.07) is 21.0. The molecule has 1 amide bonds. The average molecular weight is 552 g/mol. The number of amides is 1. The van der Waals surface area contributed by atoms with Crippen LogP contribution in [0.2, 0.25) is 5.02 Å². The summed E-state index contributed by atoms with van der Waals surface area (Å²) < 4.78 is 13.2. The van der Waals surface area contributed by atoms with Crippen molar-refractivity contribution in [3.63, 3.8) is 0 Å². The number of Topliss-reactive ketones (excluding diaryl/α,β-unsaturated/α-hetero) is 1. The van der Waals surface area contributed by atoms with Gasteiger partial charge in [0.25, 0.3) is 0 Å². The van der Waals surface area contributed by atoms with Crippen molar-refractivity contribution in [2.24, 2.45) is 0 Å². The Morgan fingerprint density at radius 3 is 2.62 bits per heavy atom. The predicted molar refractivity (Wildman–Crippen MR) is 147 cm³/mol. The number of carbonyl (C=O) groups excluding carboxylic acids is 2. The molecule has 2 N–H and O–H groups in total. The number of hydrogen-bond donors (Lipinski definition) is 2. The van der Waals surface area contributed by atoms with Gasteiger partial charge in [0.05, 0.1) is 10.7 Å². The number of carbonyl (C=O) groups is 2. The first-order valence-corrected chi connectivity index (χ1v) is 13.9. The molecule has 0 radical (unpaired) electrons. The van der Waals surface area contributed by atoms with Gasteiger partial charge in [0, 0.05) is 17.9 Å². The number of anilines is 1. The molecular formula is C28H23ClFN3O2S2. The van der Waals surface area contributed by atoms with Gasteiger partial charge < -0.3 is 10.6 Å². The van der Waals surface area contributed by atoms with Crippen LogP contribution in [0, 0.1) is 5.82 Å². The molecule has 2 aromatic carbocycles. The Bertz CT molecular complexity index is 1400. The maximum absolute atomic E-state index is 13.5. The Labute approximate surface area is 227 Å². The number of piperidine rings is 1. The van der Waals surface area contributed by atoms with Gasteiger partial charge in [-0.1, -0.05) is 41.9 Å². The van der Waals surface area contributed by atoms with Crippen LogP contribution in [0.25, 0.3) is 0 Å². The Balaban J connectivity index is 1.38. The SMILES string of the molecule is O=C1CC(c2ccsc2)(c2cccc(NCCc3ccc(F)cc3)n2)NC(=O)C1Sc1ccccc1Cl. The summed E-state index contributed by atoms with van der Waals surface area (Å²) in [5.41, 5.74) is 1.34. The zero-order valence-electron chi connectivity index (χ0n) is 19.6. The monoisotopic (exact) mass is 551 g/mol. The van der Waals surface area contributed by atoms with Crippen molar-refractivity contribution in [3.8, 4) is 0 Å². The third kappa shape index (κ3) is 5.56. The maximum atomic E-state index is 13.5. The largest absolute Gasteiger partial charge is 0.370 e. The van der Waals surface area contributed by atoms with E-state index in [1.165, 1.54) is 35.2 Å². The quantitative estimate of drug-likeness (QED) is 0.260. The molecule has 9 heteroatoms. The Morgan fingerprint density at radius 2 is 1.89 bits per heavy atom. The van der Waals surface area contributed by atoms with Crippen LogP contribution < -0.4 is 10.6 Å². The minimum Gasteiger partial charge on any atom is -0.370 e. The van der Waals surface area contributed by atoms with Gasteiger partial charge in [0.15, 0.2) is 5.78 Å². The molecular weight excluding hydrogens is 529 g/mol. The summed E-state index contributed by atoms with van der Waals surface area (Å²) in [6.45, 7) is 0.593. The molecule has 1 fully saturated rings. The van der Waals surface area contributed by atoms with Crippen molar-refractivity contribution < 1.29 is 14.0 Å². The second-order valence-corrected chi connectivity index (χ2v) is 11.0. The highest BCUT2D eigenvalue weighted by molar-refractivity contribution is 8.01. The summed E-state index contributed by atoms with van der Waals surface area (Å²) in [7, 11) is 0. The maximum Gasteiger partial charge on any atom is 0.242 e. The molecule has 5 nitrogen and oxygen atoms in total. The van der Waals surface area contributed by atoms with E-state index in [4.69, 9.17) is 16.6 Å². The van der Waals surface area contributed by atoms with Crippen LogP contribution in [-0.4, -0.2) is 28.5 Å². The second kappa shape index (κ2) is 11.0. The predicted octanol–water partition coefficient (Wildman–Crippen LogP) is 6.08. The molecule has 2 unspecified atom stereocenters. The van der Waals surface area contributed by atoms with E-state index in [0.717, 1.165) is 11.1 Å². The molecule has 0 aliphatic carbocycles. The molecule has 1 aliphatic rings. The number of thioether (sulfide) groups is 1. The first-order chi connectivity index (χ1) is 17.9. The molecule has 37 heavy (non-hydrogen) atoms. The highest BCUT2D eigenvalue weighted by Crippen LogP contribution is 2.41. The third-order valence-corrected chi connectivity index (χ3v) is 8.67. The lowest BCUT2D eigenvalue weighted by Gasteiger charge is -2.39. The fraction of sp³-hybridized carbons (Fsp3) is 0.179. The number of rotatable bonds is 8. The van der Waals surface area contributed by atoms with E-state index in [1.54, 1.807) is 24.3 Å². The highest BCUT2D eigenvalue weighted by Gasteiger charge is 2.48. The Hall–Kier alpha value is -3.20. The Kier molecular flexibility index (Phi) is 7.60. The van der Waals surface area contributed by atoms with Gasteiger partial charge in [-0.15, -0.1) is 11.8 Å². The number of hydrogen-bond acceptors (Lipinski definition) is 6. The number of ketones is 1. The number of thiophene rings is 1. The van der Waals surface area contributed by atoms with Gasteiger partial charge in [-0.3, -0.25) is 9.59 Å². The molecule has 188 valence electrons. The summed E-state index contributed by atoms with van der Waals surface area (Å²) in [4.78, 5) is 32.3. The number of halogens is 2. The molecule has 0 bridgehead atoms. The molecule has 2 aromatic heterocycles. The van der Waals surface area contributed by atoms with Crippen LogP contribution in [-0.2, 0) is 21.5 Å². The van der Waals surface area contributed by atoms with Crippen molar-refractivity contribution in [1.29, 1.82) is 0 Å².